The molecule has 0 unspecified atom stereocenters. The van der Waals surface area contributed by atoms with Crippen LogP contribution < -0.4 is 0 Å². The highest BCUT2D eigenvalue weighted by molar-refractivity contribution is 5.69. The maximum Gasteiger partial charge on any atom is 0.410 e. The van der Waals surface area contributed by atoms with Crippen molar-refractivity contribution < 1.29 is 14.6 Å². The number of hydrogen-bond donors (Lipinski definition) is 1. The van der Waals surface area contributed by atoms with Crippen molar-refractivity contribution >= 4 is 6.09 Å². The van der Waals surface area contributed by atoms with Gasteiger partial charge in [0.1, 0.15) is 6.10 Å². The van der Waals surface area contributed by atoms with Crippen LogP contribution in [0.1, 0.15) is 32.1 Å². The first-order valence-electron chi connectivity index (χ1n) is 5.39. The van der Waals surface area contributed by atoms with Crippen LogP contribution in [0, 0.1) is 0 Å². The van der Waals surface area contributed by atoms with Gasteiger partial charge in [-0.2, -0.15) is 0 Å². The van der Waals surface area contributed by atoms with Crippen molar-refractivity contribution in [2.45, 2.75) is 44.3 Å². The summed E-state index contributed by atoms with van der Waals surface area (Å²) in [5.74, 6) is 0. The van der Waals surface area contributed by atoms with E-state index in [0.717, 1.165) is 12.8 Å². The van der Waals surface area contributed by atoms with Gasteiger partial charge in [0, 0.05) is 0 Å². The van der Waals surface area contributed by atoms with E-state index in [1.54, 1.807) is 4.90 Å². The third-order valence-electron chi connectivity index (χ3n) is 2.94. The zero-order valence-electron chi connectivity index (χ0n) is 8.32. The topological polar surface area (TPSA) is 49.8 Å². The van der Waals surface area contributed by atoms with Crippen molar-refractivity contribution in [1.82, 2.24) is 4.90 Å². The Kier molecular flexibility index (Phi) is 2.91. The van der Waals surface area contributed by atoms with Gasteiger partial charge in [0.05, 0.1) is 19.2 Å². The molecule has 0 aromatic heterocycles. The quantitative estimate of drug-likeness (QED) is 0.688. The first-order valence-corrected chi connectivity index (χ1v) is 5.39. The Morgan fingerprint density at radius 1 is 1.21 bits per heavy atom. The van der Waals surface area contributed by atoms with Crippen LogP contribution in [0.5, 0.6) is 0 Å². The van der Waals surface area contributed by atoms with Gasteiger partial charge in [-0.3, -0.25) is 0 Å². The molecular formula is C10H17NO3. The highest BCUT2D eigenvalue weighted by atomic mass is 16.6. The number of rotatable bonds is 1. The number of aliphatic hydroxyl groups is 1. The molecule has 0 spiro atoms. The molecule has 1 saturated heterocycles. The predicted molar refractivity (Wildman–Crippen MR) is 50.9 cm³/mol. The minimum Gasteiger partial charge on any atom is -0.446 e. The summed E-state index contributed by atoms with van der Waals surface area (Å²) in [5, 5.41) is 9.02. The number of aliphatic hydroxyl groups excluding tert-OH is 1. The number of ether oxygens (including phenoxy) is 1. The Morgan fingerprint density at radius 3 is 2.43 bits per heavy atom. The van der Waals surface area contributed by atoms with Crippen molar-refractivity contribution in [2.24, 2.45) is 0 Å². The van der Waals surface area contributed by atoms with Gasteiger partial charge >= 0.3 is 6.09 Å². The molecule has 0 bridgehead atoms. The Hall–Kier alpha value is -0.770. The molecule has 0 radical (unpaired) electrons. The molecule has 4 nitrogen and oxygen atoms in total. The molecule has 2 rings (SSSR count). The van der Waals surface area contributed by atoms with E-state index >= 15 is 0 Å². The third-order valence-corrected chi connectivity index (χ3v) is 2.94. The zero-order chi connectivity index (χ0) is 9.97. The van der Waals surface area contributed by atoms with E-state index in [9.17, 15) is 4.79 Å². The Labute approximate surface area is 83.8 Å². The molecule has 0 aromatic rings. The summed E-state index contributed by atoms with van der Waals surface area (Å²) < 4.78 is 5.32. The van der Waals surface area contributed by atoms with Gasteiger partial charge in [-0.05, 0) is 25.7 Å². The van der Waals surface area contributed by atoms with Gasteiger partial charge in [0.15, 0.2) is 0 Å². The lowest BCUT2D eigenvalue weighted by molar-refractivity contribution is -0.0198. The van der Waals surface area contributed by atoms with Gasteiger partial charge in [-0.1, -0.05) is 6.42 Å². The number of amides is 1. The highest BCUT2D eigenvalue weighted by Gasteiger charge is 2.31. The summed E-state index contributed by atoms with van der Waals surface area (Å²) in [6, 6.07) is 0. The first kappa shape index (κ1) is 9.77. The zero-order valence-corrected chi connectivity index (χ0v) is 8.32. The maximum atomic E-state index is 11.4. The number of nitrogens with zero attached hydrogens (tertiary/aromatic N) is 1. The smallest absolute Gasteiger partial charge is 0.410 e. The van der Waals surface area contributed by atoms with Crippen LogP contribution in [0.25, 0.3) is 0 Å². The average molecular weight is 199 g/mol. The van der Waals surface area contributed by atoms with Gasteiger partial charge in [-0.15, -0.1) is 0 Å². The monoisotopic (exact) mass is 199 g/mol. The molecular weight excluding hydrogens is 182 g/mol. The summed E-state index contributed by atoms with van der Waals surface area (Å²) in [6.07, 6.45) is 5.13. The molecule has 1 aliphatic carbocycles. The molecule has 2 fully saturated rings. The minimum atomic E-state index is -0.339. The summed E-state index contributed by atoms with van der Waals surface area (Å²) in [5.41, 5.74) is 0. The van der Waals surface area contributed by atoms with E-state index in [2.05, 4.69) is 0 Å². The van der Waals surface area contributed by atoms with Gasteiger partial charge in [0.25, 0.3) is 0 Å². The molecule has 80 valence electrons. The molecule has 1 heterocycles. The van der Waals surface area contributed by atoms with E-state index in [1.165, 1.54) is 19.3 Å². The average Bonchev–Trinajstić information content (AvgIpc) is 2.14. The molecule has 1 amide bonds. The van der Waals surface area contributed by atoms with Gasteiger partial charge < -0.3 is 14.7 Å². The maximum absolute atomic E-state index is 11.4. The van der Waals surface area contributed by atoms with Crippen molar-refractivity contribution in [1.29, 1.82) is 0 Å². The van der Waals surface area contributed by atoms with Crippen molar-refractivity contribution in [3.63, 3.8) is 0 Å². The minimum absolute atomic E-state index is 0.119. The SMILES string of the molecule is O=C(OC1CCCCC1)N1CC(O)C1. The van der Waals surface area contributed by atoms with E-state index < -0.39 is 0 Å². The fourth-order valence-electron chi connectivity index (χ4n) is 2.00. The number of β-amino-alcohol motifs (C(OH)–C–C–N with tert-alkyl or cyclic N) is 1. The Morgan fingerprint density at radius 2 is 1.86 bits per heavy atom. The van der Waals surface area contributed by atoms with Gasteiger partial charge in [0.2, 0.25) is 0 Å². The van der Waals surface area contributed by atoms with E-state index in [0.29, 0.717) is 13.1 Å². The van der Waals surface area contributed by atoms with Crippen molar-refractivity contribution in [3.8, 4) is 0 Å². The van der Waals surface area contributed by atoms with Crippen LogP contribution in [-0.4, -0.2) is 41.4 Å². The molecule has 2 aliphatic rings. The van der Waals surface area contributed by atoms with Crippen LogP contribution in [0.3, 0.4) is 0 Å². The fourth-order valence-corrected chi connectivity index (χ4v) is 2.00. The lowest BCUT2D eigenvalue weighted by Crippen LogP contribution is -2.54. The largest absolute Gasteiger partial charge is 0.446 e. The number of likely N-dealkylation sites (tertiary alicyclic amines) is 1. The van der Waals surface area contributed by atoms with Crippen LogP contribution in [0.15, 0.2) is 0 Å². The van der Waals surface area contributed by atoms with Crippen LogP contribution in [0.4, 0.5) is 4.79 Å². The van der Waals surface area contributed by atoms with E-state index in [1.807, 2.05) is 0 Å². The Bertz CT molecular complexity index is 207. The molecule has 1 saturated carbocycles. The number of carbonyl (C=O) groups is 1. The number of carbonyl (C=O) groups excluding carboxylic acids is 1. The fraction of sp³-hybridized carbons (Fsp3) is 0.900. The standard InChI is InChI=1S/C10H17NO3/c12-8-6-11(7-8)10(13)14-9-4-2-1-3-5-9/h8-9,12H,1-7H2. The normalized spacial score (nSPS) is 24.5. The summed E-state index contributed by atoms with van der Waals surface area (Å²) >= 11 is 0. The van der Waals surface area contributed by atoms with Gasteiger partial charge in [-0.25, -0.2) is 4.79 Å². The molecule has 1 aliphatic heterocycles. The molecule has 0 atom stereocenters. The first-order chi connectivity index (χ1) is 6.75. The van der Waals surface area contributed by atoms with E-state index in [-0.39, 0.29) is 18.3 Å². The van der Waals surface area contributed by atoms with Crippen LogP contribution in [0.2, 0.25) is 0 Å². The second kappa shape index (κ2) is 4.17. The Balaban J connectivity index is 1.71. The summed E-state index contributed by atoms with van der Waals surface area (Å²) in [4.78, 5) is 13.0. The predicted octanol–water partition coefficient (Wildman–Crippen LogP) is 1.13. The second-order valence-electron chi connectivity index (χ2n) is 4.20. The third kappa shape index (κ3) is 2.18. The summed E-state index contributed by atoms with van der Waals surface area (Å²) in [6.45, 7) is 0.872. The molecule has 14 heavy (non-hydrogen) atoms. The molecule has 0 aromatic carbocycles. The van der Waals surface area contributed by atoms with Crippen molar-refractivity contribution in [2.75, 3.05) is 13.1 Å². The highest BCUT2D eigenvalue weighted by Crippen LogP contribution is 2.21. The second-order valence-corrected chi connectivity index (χ2v) is 4.20. The lowest BCUT2D eigenvalue weighted by atomic mass is 9.98. The van der Waals surface area contributed by atoms with E-state index in [4.69, 9.17) is 9.84 Å². The van der Waals surface area contributed by atoms with Crippen molar-refractivity contribution in [3.05, 3.63) is 0 Å². The molecule has 4 heteroatoms. The molecule has 1 N–H and O–H groups in total. The summed E-state index contributed by atoms with van der Waals surface area (Å²) in [7, 11) is 0. The van der Waals surface area contributed by atoms with Crippen LogP contribution >= 0.6 is 0 Å². The lowest BCUT2D eigenvalue weighted by Gasteiger charge is -2.36. The van der Waals surface area contributed by atoms with Crippen LogP contribution in [-0.2, 0) is 4.74 Å². The number of hydrogen-bond acceptors (Lipinski definition) is 3.